The minimum atomic E-state index is -0.360. The van der Waals surface area contributed by atoms with Crippen molar-refractivity contribution in [1.82, 2.24) is 20.0 Å². The first-order chi connectivity index (χ1) is 23.4. The van der Waals surface area contributed by atoms with Gasteiger partial charge in [-0.1, -0.05) is 24.3 Å². The van der Waals surface area contributed by atoms with E-state index < -0.39 is 0 Å². The third kappa shape index (κ3) is 9.45. The van der Waals surface area contributed by atoms with E-state index in [4.69, 9.17) is 0 Å². The van der Waals surface area contributed by atoms with E-state index in [-0.39, 0.29) is 48.1 Å². The van der Waals surface area contributed by atoms with Crippen LogP contribution < -0.4 is 10.2 Å². The molecule has 2 aliphatic heterocycles. The first-order valence-corrected chi connectivity index (χ1v) is 16.7. The molecule has 0 saturated heterocycles. The van der Waals surface area contributed by atoms with Crippen LogP contribution in [-0.4, -0.2) is 76.2 Å². The Morgan fingerprint density at radius 3 is 1.90 bits per heavy atom. The van der Waals surface area contributed by atoms with Crippen LogP contribution in [0.5, 0.6) is 0 Å². The first kappa shape index (κ1) is 35.1. The molecular formula is C33H32F2N8O4S2. The van der Waals surface area contributed by atoms with E-state index in [0.717, 1.165) is 20.9 Å². The van der Waals surface area contributed by atoms with Crippen molar-refractivity contribution >= 4 is 68.0 Å². The summed E-state index contributed by atoms with van der Waals surface area (Å²) in [5.41, 5.74) is 2.33. The van der Waals surface area contributed by atoms with Crippen LogP contribution in [0.1, 0.15) is 46.6 Å². The van der Waals surface area contributed by atoms with Crippen molar-refractivity contribution in [3.8, 4) is 0 Å². The second kappa shape index (κ2) is 15.8. The fraction of sp³-hybridized carbons (Fsp3) is 0.273. The molecule has 2 aliphatic rings. The first-order valence-electron chi connectivity index (χ1n) is 15.1. The topological polar surface area (TPSA) is 141 Å². The van der Waals surface area contributed by atoms with Gasteiger partial charge in [-0.15, -0.1) is 22.7 Å². The van der Waals surface area contributed by atoms with Crippen molar-refractivity contribution in [3.63, 3.8) is 0 Å². The van der Waals surface area contributed by atoms with Crippen molar-refractivity contribution in [2.24, 2.45) is 10.2 Å². The highest BCUT2D eigenvalue weighted by molar-refractivity contribution is 7.16. The van der Waals surface area contributed by atoms with Crippen molar-refractivity contribution in [2.45, 2.75) is 38.5 Å². The summed E-state index contributed by atoms with van der Waals surface area (Å²) < 4.78 is 26.5. The standard InChI is InChI=1S/C17H17FN4O2S.C16H15FN4O2S/c1-21(16(24)14-6-7-15(23)22(2)20-14)17-19-10-13(25-17)9-11-4-3-5-12(18)8-11;1-21-14(22)6-5-13(20-21)15(23)19-16-18-9-12(24-16)8-10-3-2-4-11(17)7-10/h3-5,8,10H,6-7,9H2,1-2H3;2-4,7,9H,5-6,8H2,1H3,(H,18,19,23). The van der Waals surface area contributed by atoms with Crippen LogP contribution in [0, 0.1) is 11.6 Å². The quantitative estimate of drug-likeness (QED) is 0.278. The van der Waals surface area contributed by atoms with Gasteiger partial charge in [0, 0.05) is 81.8 Å². The highest BCUT2D eigenvalue weighted by Gasteiger charge is 2.26. The van der Waals surface area contributed by atoms with Crippen LogP contribution in [0.2, 0.25) is 0 Å². The number of hydrogen-bond donors (Lipinski definition) is 1. The molecule has 4 aromatic rings. The van der Waals surface area contributed by atoms with Crippen LogP contribution in [0.4, 0.5) is 19.0 Å². The van der Waals surface area contributed by atoms with Gasteiger partial charge in [-0.25, -0.2) is 28.8 Å². The van der Waals surface area contributed by atoms with Gasteiger partial charge >= 0.3 is 0 Å². The molecule has 0 unspecified atom stereocenters. The number of hydrogen-bond acceptors (Lipinski definition) is 10. The van der Waals surface area contributed by atoms with Gasteiger partial charge < -0.3 is 0 Å². The SMILES string of the molecule is CN1N=C(C(=O)N(C)c2ncc(Cc3cccc(F)c3)s2)CCC1=O.CN1N=C(C(=O)Nc2ncc(Cc3cccc(F)c3)s2)CCC1=O. The maximum atomic E-state index is 13.3. The molecule has 254 valence electrons. The number of nitrogens with zero attached hydrogens (tertiary/aromatic N) is 7. The lowest BCUT2D eigenvalue weighted by Gasteiger charge is -2.21. The van der Waals surface area contributed by atoms with Gasteiger partial charge in [-0.2, -0.15) is 10.2 Å². The number of benzene rings is 2. The number of carbonyl (C=O) groups is 4. The molecule has 4 amide bonds. The lowest BCUT2D eigenvalue weighted by Crippen LogP contribution is -2.38. The summed E-state index contributed by atoms with van der Waals surface area (Å²) in [5, 5.41) is 14.1. The molecule has 0 spiro atoms. The Balaban J connectivity index is 0.000000191. The van der Waals surface area contributed by atoms with Crippen LogP contribution in [0.15, 0.2) is 71.1 Å². The van der Waals surface area contributed by atoms with E-state index >= 15 is 0 Å². The maximum Gasteiger partial charge on any atom is 0.276 e. The zero-order valence-electron chi connectivity index (χ0n) is 26.9. The van der Waals surface area contributed by atoms with Gasteiger partial charge in [0.2, 0.25) is 11.8 Å². The average Bonchev–Trinajstić information content (AvgIpc) is 3.72. The number of carbonyl (C=O) groups excluding carboxylic acids is 4. The Hall–Kier alpha value is -5.22. The summed E-state index contributed by atoms with van der Waals surface area (Å²) in [4.78, 5) is 59.3. The Kier molecular flexibility index (Phi) is 11.3. The summed E-state index contributed by atoms with van der Waals surface area (Å²) >= 11 is 2.70. The Morgan fingerprint density at radius 1 is 0.796 bits per heavy atom. The van der Waals surface area contributed by atoms with E-state index in [1.165, 1.54) is 76.0 Å². The molecule has 0 saturated carbocycles. The average molecular weight is 707 g/mol. The summed E-state index contributed by atoms with van der Waals surface area (Å²) in [6.45, 7) is 0. The number of hydrazone groups is 2. The fourth-order valence-electron chi connectivity index (χ4n) is 4.78. The van der Waals surface area contributed by atoms with Crippen molar-refractivity contribution in [1.29, 1.82) is 0 Å². The van der Waals surface area contributed by atoms with Crippen molar-refractivity contribution in [2.75, 3.05) is 31.4 Å². The molecule has 49 heavy (non-hydrogen) atoms. The van der Waals surface area contributed by atoms with Crippen molar-refractivity contribution in [3.05, 3.63) is 93.4 Å². The second-order valence-corrected chi connectivity index (χ2v) is 13.3. The van der Waals surface area contributed by atoms with Crippen LogP contribution in [0.3, 0.4) is 0 Å². The number of amides is 4. The van der Waals surface area contributed by atoms with Gasteiger partial charge in [0.1, 0.15) is 23.1 Å². The molecule has 0 fully saturated rings. The number of nitrogens with one attached hydrogen (secondary N) is 1. The third-order valence-corrected chi connectivity index (χ3v) is 9.35. The summed E-state index contributed by atoms with van der Waals surface area (Å²) in [5.74, 6) is -1.40. The number of aromatic nitrogens is 2. The van der Waals surface area contributed by atoms with E-state index in [1.807, 2.05) is 12.1 Å². The Bertz CT molecular complexity index is 1940. The lowest BCUT2D eigenvalue weighted by molar-refractivity contribution is -0.131. The van der Waals surface area contributed by atoms with Crippen molar-refractivity contribution < 1.29 is 28.0 Å². The molecule has 12 nitrogen and oxygen atoms in total. The zero-order valence-corrected chi connectivity index (χ0v) is 28.5. The molecule has 0 bridgehead atoms. The molecular weight excluding hydrogens is 675 g/mol. The Morgan fingerprint density at radius 2 is 1.33 bits per heavy atom. The molecule has 6 rings (SSSR count). The minimum absolute atomic E-state index is 0.106. The number of rotatable bonds is 8. The third-order valence-electron chi connectivity index (χ3n) is 7.37. The second-order valence-electron chi connectivity index (χ2n) is 11.1. The van der Waals surface area contributed by atoms with Crippen LogP contribution in [0.25, 0.3) is 0 Å². The molecule has 2 aromatic heterocycles. The summed E-state index contributed by atoms with van der Waals surface area (Å²) in [7, 11) is 4.69. The van der Waals surface area contributed by atoms with Gasteiger partial charge in [0.15, 0.2) is 10.3 Å². The van der Waals surface area contributed by atoms with Gasteiger partial charge in [-0.05, 0) is 35.4 Å². The van der Waals surface area contributed by atoms with E-state index in [0.29, 0.717) is 47.4 Å². The molecule has 2 aromatic carbocycles. The summed E-state index contributed by atoms with van der Waals surface area (Å²) in [6, 6.07) is 12.8. The van der Waals surface area contributed by atoms with E-state index in [2.05, 4.69) is 25.5 Å². The highest BCUT2D eigenvalue weighted by Crippen LogP contribution is 2.25. The highest BCUT2D eigenvalue weighted by atomic mass is 32.1. The molecule has 0 atom stereocenters. The maximum absolute atomic E-state index is 13.3. The van der Waals surface area contributed by atoms with E-state index in [9.17, 15) is 28.0 Å². The van der Waals surface area contributed by atoms with E-state index in [1.54, 1.807) is 31.6 Å². The molecule has 1 N–H and O–H groups in total. The normalized spacial score (nSPS) is 14.5. The van der Waals surface area contributed by atoms with Gasteiger partial charge in [0.05, 0.1) is 0 Å². The minimum Gasteiger partial charge on any atom is -0.297 e. The lowest BCUT2D eigenvalue weighted by atomic mass is 10.1. The predicted octanol–water partition coefficient (Wildman–Crippen LogP) is 4.86. The molecule has 0 radical (unpaired) electrons. The number of anilines is 2. The van der Waals surface area contributed by atoms with Gasteiger partial charge in [-0.3, -0.25) is 29.4 Å². The zero-order chi connectivity index (χ0) is 35.1. The summed E-state index contributed by atoms with van der Waals surface area (Å²) in [6.07, 6.45) is 5.63. The molecule has 16 heteroatoms. The number of thiazole rings is 2. The molecule has 4 heterocycles. The smallest absolute Gasteiger partial charge is 0.276 e. The monoisotopic (exact) mass is 706 g/mol. The largest absolute Gasteiger partial charge is 0.297 e. The van der Waals surface area contributed by atoms with Crippen LogP contribution in [-0.2, 0) is 32.0 Å². The van der Waals surface area contributed by atoms with Crippen LogP contribution >= 0.6 is 22.7 Å². The Labute approximate surface area is 288 Å². The fourth-order valence-corrected chi connectivity index (χ4v) is 6.53. The molecule has 0 aliphatic carbocycles. The van der Waals surface area contributed by atoms with Gasteiger partial charge in [0.25, 0.3) is 11.8 Å². The predicted molar refractivity (Wildman–Crippen MR) is 184 cm³/mol. The number of halogens is 2.